The lowest BCUT2D eigenvalue weighted by Crippen LogP contribution is -2.26. The SMILES string of the molecule is CCC(C)(C)Oc1cc[c]cc1. The van der Waals surface area contributed by atoms with Gasteiger partial charge in [-0.2, -0.15) is 0 Å². The Morgan fingerprint density at radius 3 is 2.42 bits per heavy atom. The molecule has 0 N–H and O–H groups in total. The van der Waals surface area contributed by atoms with E-state index >= 15 is 0 Å². The van der Waals surface area contributed by atoms with Gasteiger partial charge in [-0.3, -0.25) is 0 Å². The van der Waals surface area contributed by atoms with E-state index in [1.165, 1.54) is 0 Å². The minimum absolute atomic E-state index is 0.0681. The normalized spacial score (nSPS) is 11.2. The van der Waals surface area contributed by atoms with Crippen molar-refractivity contribution in [3.8, 4) is 5.75 Å². The second kappa shape index (κ2) is 3.61. The van der Waals surface area contributed by atoms with Crippen molar-refractivity contribution in [3.63, 3.8) is 0 Å². The number of benzene rings is 1. The predicted octanol–water partition coefficient (Wildman–Crippen LogP) is 3.05. The van der Waals surface area contributed by atoms with Crippen LogP contribution in [-0.2, 0) is 0 Å². The molecule has 0 saturated heterocycles. The van der Waals surface area contributed by atoms with E-state index in [4.69, 9.17) is 4.74 Å². The van der Waals surface area contributed by atoms with E-state index in [2.05, 4.69) is 26.8 Å². The van der Waals surface area contributed by atoms with Crippen LogP contribution < -0.4 is 4.74 Å². The average Bonchev–Trinajstić information content (AvgIpc) is 2.06. The van der Waals surface area contributed by atoms with E-state index in [-0.39, 0.29) is 5.60 Å². The molecule has 1 aromatic carbocycles. The molecule has 0 unspecified atom stereocenters. The zero-order chi connectivity index (χ0) is 9.03. The summed E-state index contributed by atoms with van der Waals surface area (Å²) in [6, 6.07) is 10.5. The minimum Gasteiger partial charge on any atom is -0.488 e. The molecule has 1 heteroatoms. The van der Waals surface area contributed by atoms with Crippen LogP contribution in [0.2, 0.25) is 0 Å². The van der Waals surface area contributed by atoms with Crippen LogP contribution in [0.5, 0.6) is 5.75 Å². The Hall–Kier alpha value is -0.980. The summed E-state index contributed by atoms with van der Waals surface area (Å²) in [5.74, 6) is 0.917. The number of ether oxygens (including phenoxy) is 1. The summed E-state index contributed by atoms with van der Waals surface area (Å²) in [5.41, 5.74) is -0.0681. The molecular weight excluding hydrogens is 148 g/mol. The second-order valence-corrected chi connectivity index (χ2v) is 3.45. The molecule has 0 amide bonds. The lowest BCUT2D eigenvalue weighted by atomic mass is 10.1. The fraction of sp³-hybridized carbons (Fsp3) is 0.455. The first-order valence-corrected chi connectivity index (χ1v) is 4.29. The second-order valence-electron chi connectivity index (χ2n) is 3.45. The molecule has 1 aromatic rings. The van der Waals surface area contributed by atoms with Crippen molar-refractivity contribution in [3.05, 3.63) is 30.3 Å². The molecule has 12 heavy (non-hydrogen) atoms. The number of hydrogen-bond donors (Lipinski definition) is 0. The number of rotatable bonds is 3. The summed E-state index contributed by atoms with van der Waals surface area (Å²) < 4.78 is 5.73. The maximum Gasteiger partial charge on any atom is 0.120 e. The molecule has 0 aliphatic heterocycles. The first kappa shape index (κ1) is 9.11. The lowest BCUT2D eigenvalue weighted by molar-refractivity contribution is 0.105. The van der Waals surface area contributed by atoms with Gasteiger partial charge >= 0.3 is 0 Å². The van der Waals surface area contributed by atoms with Gasteiger partial charge in [-0.15, -0.1) is 0 Å². The van der Waals surface area contributed by atoms with Crippen LogP contribution in [0, 0.1) is 6.07 Å². The molecule has 1 nitrogen and oxygen atoms in total. The van der Waals surface area contributed by atoms with E-state index in [9.17, 15) is 0 Å². The first-order chi connectivity index (χ1) is 5.64. The van der Waals surface area contributed by atoms with E-state index in [0.29, 0.717) is 0 Å². The van der Waals surface area contributed by atoms with Gasteiger partial charge < -0.3 is 4.74 Å². The Labute approximate surface area is 74.4 Å². The van der Waals surface area contributed by atoms with Crippen molar-refractivity contribution in [2.45, 2.75) is 32.8 Å². The van der Waals surface area contributed by atoms with Gasteiger partial charge in [0.25, 0.3) is 0 Å². The third kappa shape index (κ3) is 2.57. The highest BCUT2D eigenvalue weighted by Gasteiger charge is 2.15. The molecule has 0 aliphatic rings. The van der Waals surface area contributed by atoms with Gasteiger partial charge in [0.05, 0.1) is 0 Å². The van der Waals surface area contributed by atoms with Gasteiger partial charge in [0.15, 0.2) is 0 Å². The van der Waals surface area contributed by atoms with E-state index in [1.54, 1.807) is 0 Å². The fourth-order valence-electron chi connectivity index (χ4n) is 0.831. The molecule has 1 rings (SSSR count). The van der Waals surface area contributed by atoms with Crippen molar-refractivity contribution >= 4 is 0 Å². The van der Waals surface area contributed by atoms with Crippen LogP contribution in [0.15, 0.2) is 24.3 Å². The van der Waals surface area contributed by atoms with Gasteiger partial charge in [-0.25, -0.2) is 0 Å². The maximum atomic E-state index is 5.73. The molecule has 0 saturated carbocycles. The summed E-state index contributed by atoms with van der Waals surface area (Å²) >= 11 is 0. The predicted molar refractivity (Wildman–Crippen MR) is 50.3 cm³/mol. The molecule has 65 valence electrons. The Morgan fingerprint density at radius 1 is 1.33 bits per heavy atom. The Balaban J connectivity index is 2.64. The van der Waals surface area contributed by atoms with Gasteiger partial charge in [0.2, 0.25) is 0 Å². The zero-order valence-electron chi connectivity index (χ0n) is 7.92. The van der Waals surface area contributed by atoms with Gasteiger partial charge in [0.1, 0.15) is 11.4 Å². The van der Waals surface area contributed by atoms with Crippen LogP contribution >= 0.6 is 0 Å². The Kier molecular flexibility index (Phi) is 2.74. The highest BCUT2D eigenvalue weighted by molar-refractivity contribution is 5.21. The minimum atomic E-state index is -0.0681. The molecule has 0 heterocycles. The van der Waals surface area contributed by atoms with Crippen molar-refractivity contribution in [2.24, 2.45) is 0 Å². The summed E-state index contributed by atoms with van der Waals surface area (Å²) in [6.07, 6.45) is 1.01. The van der Waals surface area contributed by atoms with Crippen LogP contribution in [0.3, 0.4) is 0 Å². The maximum absolute atomic E-state index is 5.73. The zero-order valence-corrected chi connectivity index (χ0v) is 7.92. The van der Waals surface area contributed by atoms with Gasteiger partial charge in [-0.1, -0.05) is 19.1 Å². The van der Waals surface area contributed by atoms with Crippen molar-refractivity contribution in [1.29, 1.82) is 0 Å². The molecule has 0 fully saturated rings. The third-order valence-corrected chi connectivity index (χ3v) is 1.93. The molecule has 0 aromatic heterocycles. The summed E-state index contributed by atoms with van der Waals surface area (Å²) in [7, 11) is 0. The average molecular weight is 163 g/mol. The highest BCUT2D eigenvalue weighted by Crippen LogP contribution is 2.19. The largest absolute Gasteiger partial charge is 0.488 e. The number of hydrogen-bond acceptors (Lipinski definition) is 1. The Morgan fingerprint density at radius 2 is 1.92 bits per heavy atom. The van der Waals surface area contributed by atoms with Crippen LogP contribution in [0.4, 0.5) is 0 Å². The summed E-state index contributed by atoms with van der Waals surface area (Å²) in [4.78, 5) is 0. The van der Waals surface area contributed by atoms with Crippen molar-refractivity contribution in [1.82, 2.24) is 0 Å². The van der Waals surface area contributed by atoms with E-state index in [0.717, 1.165) is 12.2 Å². The van der Waals surface area contributed by atoms with Crippen molar-refractivity contribution < 1.29 is 4.74 Å². The van der Waals surface area contributed by atoms with E-state index < -0.39 is 0 Å². The Bertz CT molecular complexity index is 226. The van der Waals surface area contributed by atoms with E-state index in [1.807, 2.05) is 24.3 Å². The summed E-state index contributed by atoms with van der Waals surface area (Å²) in [5, 5.41) is 0. The molecular formula is C11H15O. The van der Waals surface area contributed by atoms with Crippen LogP contribution in [-0.4, -0.2) is 5.60 Å². The standard InChI is InChI=1S/C11H15O/c1-4-11(2,3)12-10-8-6-5-7-9-10/h6-9H,4H2,1-3H3. The topological polar surface area (TPSA) is 9.23 Å². The van der Waals surface area contributed by atoms with Crippen LogP contribution in [0.1, 0.15) is 27.2 Å². The lowest BCUT2D eigenvalue weighted by Gasteiger charge is -2.24. The highest BCUT2D eigenvalue weighted by atomic mass is 16.5. The summed E-state index contributed by atoms with van der Waals surface area (Å²) in [6.45, 7) is 6.29. The molecule has 0 aliphatic carbocycles. The first-order valence-electron chi connectivity index (χ1n) is 4.29. The smallest absolute Gasteiger partial charge is 0.120 e. The van der Waals surface area contributed by atoms with Gasteiger partial charge in [0, 0.05) is 0 Å². The third-order valence-electron chi connectivity index (χ3n) is 1.93. The fourth-order valence-corrected chi connectivity index (χ4v) is 0.831. The van der Waals surface area contributed by atoms with Crippen LogP contribution in [0.25, 0.3) is 0 Å². The molecule has 0 atom stereocenters. The van der Waals surface area contributed by atoms with Crippen molar-refractivity contribution in [2.75, 3.05) is 0 Å². The van der Waals surface area contributed by atoms with Gasteiger partial charge in [-0.05, 0) is 38.5 Å². The molecule has 0 spiro atoms. The monoisotopic (exact) mass is 163 g/mol. The quantitative estimate of drug-likeness (QED) is 0.665. The molecule has 0 bridgehead atoms. The molecule has 1 radical (unpaired) electrons.